The van der Waals surface area contributed by atoms with Crippen LogP contribution in [0, 0.1) is 6.92 Å². The Balaban J connectivity index is 0.00000253. The number of aryl methyl sites for hydroxylation is 1. The van der Waals surface area contributed by atoms with Crippen molar-refractivity contribution in [3.8, 4) is 16.9 Å². The molecule has 0 unspecified atom stereocenters. The second-order valence-corrected chi connectivity index (χ2v) is 12.0. The Kier molecular flexibility index (Phi) is 12.4. The Morgan fingerprint density at radius 2 is 1.47 bits per heavy atom. The van der Waals surface area contributed by atoms with Gasteiger partial charge < -0.3 is 10.4 Å². The molecule has 4 aromatic rings. The minimum absolute atomic E-state index is 0. The van der Waals surface area contributed by atoms with Crippen molar-refractivity contribution in [1.82, 2.24) is 10.0 Å². The monoisotopic (exact) mass is 629 g/mol. The average Bonchev–Trinajstić information content (AvgIpc) is 3.28. The maximum absolute atomic E-state index is 12.5. The van der Waals surface area contributed by atoms with E-state index in [-0.39, 0.29) is 82.1 Å². The van der Waals surface area contributed by atoms with Crippen LogP contribution in [0.2, 0.25) is 0 Å². The van der Waals surface area contributed by atoms with Crippen molar-refractivity contribution in [1.29, 1.82) is 0 Å². The largest absolute Gasteiger partial charge is 0.508 e. The molecule has 12 heteroatoms. The van der Waals surface area contributed by atoms with Gasteiger partial charge in [0.25, 0.3) is 15.9 Å². The summed E-state index contributed by atoms with van der Waals surface area (Å²) in [7, 11) is -3.95. The molecule has 0 atom stereocenters. The molecule has 0 bridgehead atoms. The molecule has 1 aliphatic rings. The number of hydrogen-bond acceptors (Lipinski definition) is 7. The summed E-state index contributed by atoms with van der Waals surface area (Å²) in [5.74, 6) is -0.684. The molecule has 8 nitrogen and oxygen atoms in total. The first-order valence-electron chi connectivity index (χ1n) is 12.5. The summed E-state index contributed by atoms with van der Waals surface area (Å²) < 4.78 is 27.0. The van der Waals surface area contributed by atoms with E-state index in [1.54, 1.807) is 54.6 Å². The molecule has 1 aliphatic heterocycles. The van der Waals surface area contributed by atoms with Gasteiger partial charge in [0.05, 0.1) is 21.9 Å². The number of aromatic hydroxyl groups is 1. The third-order valence-electron chi connectivity index (χ3n) is 6.17. The number of carbonyl (C=O) groups excluding carboxylic acids is 2. The van der Waals surface area contributed by atoms with Crippen LogP contribution in [0.15, 0.2) is 112 Å². The second kappa shape index (κ2) is 15.4. The van der Waals surface area contributed by atoms with Crippen molar-refractivity contribution in [2.24, 2.45) is 4.99 Å². The number of amidine groups is 1. The second-order valence-electron chi connectivity index (χ2n) is 9.34. The number of carbonyl (C=O) groups is 2. The van der Waals surface area contributed by atoms with Gasteiger partial charge in [-0.25, -0.2) is 18.1 Å². The van der Waals surface area contributed by atoms with E-state index < -0.39 is 15.9 Å². The number of sulfonamides is 1. The van der Waals surface area contributed by atoms with Crippen molar-refractivity contribution < 1.29 is 23.1 Å². The van der Waals surface area contributed by atoms with E-state index in [1.807, 2.05) is 43.3 Å². The molecule has 0 aliphatic carbocycles. The number of hydrogen-bond donors (Lipinski definition) is 3. The van der Waals surface area contributed by atoms with Gasteiger partial charge in [-0.05, 0) is 83.4 Å². The van der Waals surface area contributed by atoms with Crippen LogP contribution in [0.25, 0.3) is 17.2 Å². The normalized spacial score (nSPS) is 14.5. The van der Waals surface area contributed by atoms with E-state index in [4.69, 9.17) is 0 Å². The number of aliphatic imine (C=N–C) groups is 1. The Labute approximate surface area is 298 Å². The van der Waals surface area contributed by atoms with Crippen LogP contribution in [0.3, 0.4) is 0 Å². The predicted octanol–water partition coefficient (Wildman–Crippen LogP) is 4.55. The number of phenols is 1. The number of rotatable bonds is 7. The Morgan fingerprint density at radius 1 is 0.884 bits per heavy atom. The third kappa shape index (κ3) is 9.41. The van der Waals surface area contributed by atoms with Gasteiger partial charge in [0.1, 0.15) is 5.75 Å². The van der Waals surface area contributed by atoms with Crippen LogP contribution < -0.4 is 10.0 Å². The number of nitrogens with zero attached hydrogens (tertiary/aromatic N) is 1. The van der Waals surface area contributed by atoms with Crippen LogP contribution >= 0.6 is 11.8 Å². The van der Waals surface area contributed by atoms with Crippen LogP contribution in [-0.4, -0.2) is 89.6 Å². The Morgan fingerprint density at radius 3 is 2.07 bits per heavy atom. The molecule has 2 amide bonds. The molecule has 0 spiro atoms. The van der Waals surface area contributed by atoms with Crippen molar-refractivity contribution in [2.75, 3.05) is 0 Å². The van der Waals surface area contributed by atoms with Gasteiger partial charge in [-0.15, -0.1) is 0 Å². The van der Waals surface area contributed by atoms with E-state index >= 15 is 0 Å². The maximum Gasteiger partial charge on any atom is 0.264 e. The topological polar surface area (TPSA) is 125 Å². The van der Waals surface area contributed by atoms with Crippen molar-refractivity contribution in [2.45, 2.75) is 18.2 Å². The van der Waals surface area contributed by atoms with Crippen molar-refractivity contribution in [3.05, 3.63) is 119 Å². The maximum atomic E-state index is 12.5. The molecule has 0 aromatic heterocycles. The molecule has 1 heterocycles. The summed E-state index contributed by atoms with van der Waals surface area (Å²) in [5.41, 5.74) is 4.93. The molecule has 2 radical (unpaired) electrons. The number of benzene rings is 4. The predicted molar refractivity (Wildman–Crippen MR) is 173 cm³/mol. The fourth-order valence-corrected chi connectivity index (χ4v) is 5.84. The van der Waals surface area contributed by atoms with E-state index in [0.29, 0.717) is 21.3 Å². The van der Waals surface area contributed by atoms with Gasteiger partial charge in [-0.2, -0.15) is 0 Å². The molecular weight excluding hydrogens is 604 g/mol. The quantitative estimate of drug-likeness (QED) is 0.204. The molecule has 43 heavy (non-hydrogen) atoms. The standard InChI is InChI=1S/C31H25N3O5S2.2Na/c1-20-2-16-27(17-3-20)41(38,39)34-29(36)19-22-6-12-25(13-7-22)32-31-33-30(37)28(40-31)18-21-4-8-23(9-5-21)24-10-14-26(35)15-11-24;;/h2-18,35H,19H2,1H3,(H,34,36)(H,32,33,37);;. The zero-order chi connectivity index (χ0) is 29.0. The van der Waals surface area contributed by atoms with Gasteiger partial charge in [0.2, 0.25) is 5.91 Å². The summed E-state index contributed by atoms with van der Waals surface area (Å²) in [4.78, 5) is 29.9. The minimum atomic E-state index is -3.95. The first kappa shape index (κ1) is 34.8. The van der Waals surface area contributed by atoms with Gasteiger partial charge in [0.15, 0.2) is 5.17 Å². The SMILES string of the molecule is Cc1ccc(S(=O)(=O)NC(=O)Cc2ccc(N=C3NC(=O)C(=Cc4ccc(-c5ccc(O)cc5)cc4)S3)cc2)cc1.[Na].[Na]. The molecule has 4 aromatic carbocycles. The van der Waals surface area contributed by atoms with E-state index in [9.17, 15) is 23.1 Å². The zero-order valence-electron chi connectivity index (χ0n) is 23.9. The summed E-state index contributed by atoms with van der Waals surface area (Å²) in [6, 6.07) is 27.7. The van der Waals surface area contributed by atoms with Gasteiger partial charge >= 0.3 is 0 Å². The summed E-state index contributed by atoms with van der Waals surface area (Å²) in [6.07, 6.45) is 1.67. The fraction of sp³-hybridized carbons (Fsp3) is 0.0645. The van der Waals surface area contributed by atoms with Crippen LogP contribution in [0.1, 0.15) is 16.7 Å². The van der Waals surface area contributed by atoms with Crippen LogP contribution in [0.4, 0.5) is 5.69 Å². The molecule has 5 rings (SSSR count). The first-order chi connectivity index (χ1) is 19.6. The molecule has 1 saturated heterocycles. The Bertz CT molecular complexity index is 1770. The van der Waals surface area contributed by atoms with Crippen molar-refractivity contribution >= 4 is 110 Å². The van der Waals surface area contributed by atoms with E-state index in [2.05, 4.69) is 15.0 Å². The number of amides is 2. The summed E-state index contributed by atoms with van der Waals surface area (Å²) >= 11 is 1.22. The van der Waals surface area contributed by atoms with Crippen LogP contribution in [-0.2, 0) is 26.0 Å². The minimum Gasteiger partial charge on any atom is -0.508 e. The third-order valence-corrected chi connectivity index (χ3v) is 8.47. The Hall–Kier alpha value is -2.67. The van der Waals surface area contributed by atoms with Gasteiger partial charge in [-0.3, -0.25) is 9.59 Å². The van der Waals surface area contributed by atoms with Gasteiger partial charge in [-0.1, -0.05) is 66.2 Å². The average molecular weight is 630 g/mol. The zero-order valence-corrected chi connectivity index (χ0v) is 29.5. The first-order valence-corrected chi connectivity index (χ1v) is 14.8. The fourth-order valence-electron chi connectivity index (χ4n) is 4.01. The summed E-state index contributed by atoms with van der Waals surface area (Å²) in [6.45, 7) is 1.85. The smallest absolute Gasteiger partial charge is 0.264 e. The molecule has 1 fully saturated rings. The number of thioether (sulfide) groups is 1. The molecular formula is C31H25N3Na2O5S2. The molecule has 3 N–H and O–H groups in total. The molecule has 0 saturated carbocycles. The number of phenolic OH excluding ortho intramolecular Hbond substituents is 1. The van der Waals surface area contributed by atoms with E-state index in [0.717, 1.165) is 22.3 Å². The summed E-state index contributed by atoms with van der Waals surface area (Å²) in [5, 5.41) is 12.7. The van der Waals surface area contributed by atoms with Crippen LogP contribution in [0.5, 0.6) is 5.75 Å². The van der Waals surface area contributed by atoms with E-state index in [1.165, 1.54) is 23.9 Å². The van der Waals surface area contributed by atoms with Crippen molar-refractivity contribution in [3.63, 3.8) is 0 Å². The van der Waals surface area contributed by atoms with Gasteiger partial charge in [0, 0.05) is 59.1 Å². The molecule has 208 valence electrons. The number of nitrogens with one attached hydrogen (secondary N) is 2.